The third kappa shape index (κ3) is 5.08. The molecule has 4 nitrogen and oxygen atoms in total. The van der Waals surface area contributed by atoms with Gasteiger partial charge >= 0.3 is 0 Å². The monoisotopic (exact) mass is 373 g/mol. The Labute approximate surface area is 156 Å². The van der Waals surface area contributed by atoms with E-state index in [-0.39, 0.29) is 12.3 Å². The van der Waals surface area contributed by atoms with Crippen LogP contribution in [0.2, 0.25) is 10.0 Å². The number of amides is 1. The van der Waals surface area contributed by atoms with E-state index < -0.39 is 0 Å². The van der Waals surface area contributed by atoms with Crippen LogP contribution in [0.15, 0.2) is 61.2 Å². The van der Waals surface area contributed by atoms with Gasteiger partial charge in [-0.1, -0.05) is 53.5 Å². The predicted octanol–water partition coefficient (Wildman–Crippen LogP) is 4.10. The molecule has 3 rings (SSSR count). The van der Waals surface area contributed by atoms with Gasteiger partial charge in [-0.25, -0.2) is 4.98 Å². The molecular weight excluding hydrogens is 357 g/mol. The van der Waals surface area contributed by atoms with Gasteiger partial charge in [-0.15, -0.1) is 0 Å². The van der Waals surface area contributed by atoms with Gasteiger partial charge in [0, 0.05) is 25.5 Å². The maximum absolute atomic E-state index is 12.1. The molecule has 25 heavy (non-hydrogen) atoms. The molecule has 0 radical (unpaired) electrons. The minimum atomic E-state index is -0.0547. The van der Waals surface area contributed by atoms with Gasteiger partial charge in [-0.05, 0) is 28.8 Å². The van der Waals surface area contributed by atoms with Gasteiger partial charge in [0.05, 0.1) is 22.8 Å². The molecule has 0 saturated carbocycles. The molecule has 0 aliphatic rings. The van der Waals surface area contributed by atoms with E-state index in [1.807, 2.05) is 22.9 Å². The van der Waals surface area contributed by atoms with Crippen LogP contribution in [0.3, 0.4) is 0 Å². The summed E-state index contributed by atoms with van der Waals surface area (Å²) in [5, 5.41) is 3.86. The molecule has 128 valence electrons. The molecule has 3 aromatic rings. The number of carbonyl (C=O) groups excluding carboxylic acids is 1. The van der Waals surface area contributed by atoms with Crippen molar-refractivity contribution in [3.05, 3.63) is 87.9 Å². The number of rotatable bonds is 6. The lowest BCUT2D eigenvalue weighted by Crippen LogP contribution is -2.24. The van der Waals surface area contributed by atoms with Gasteiger partial charge in [0.2, 0.25) is 5.91 Å². The molecule has 0 unspecified atom stereocenters. The largest absolute Gasteiger partial charge is 0.352 e. The van der Waals surface area contributed by atoms with Crippen LogP contribution in [0, 0.1) is 0 Å². The van der Waals surface area contributed by atoms with Crippen LogP contribution in [-0.4, -0.2) is 15.5 Å². The first-order valence-corrected chi connectivity index (χ1v) is 8.60. The fraction of sp³-hybridized carbons (Fsp3) is 0.158. The number of nitrogens with zero attached hydrogens (tertiary/aromatic N) is 2. The third-order valence-corrected chi connectivity index (χ3v) is 4.52. The quantitative estimate of drug-likeness (QED) is 0.706. The van der Waals surface area contributed by atoms with Gasteiger partial charge in [0.25, 0.3) is 0 Å². The Bertz CT molecular complexity index is 846. The lowest BCUT2D eigenvalue weighted by atomic mass is 10.1. The number of hydrogen-bond donors (Lipinski definition) is 1. The highest BCUT2D eigenvalue weighted by atomic mass is 35.5. The van der Waals surface area contributed by atoms with E-state index in [1.54, 1.807) is 30.7 Å². The van der Waals surface area contributed by atoms with Gasteiger partial charge in [0.1, 0.15) is 0 Å². The Morgan fingerprint density at radius 3 is 2.40 bits per heavy atom. The first-order valence-electron chi connectivity index (χ1n) is 7.84. The second kappa shape index (κ2) is 8.19. The molecule has 2 aromatic carbocycles. The molecule has 1 heterocycles. The molecule has 0 aliphatic heterocycles. The van der Waals surface area contributed by atoms with Crippen LogP contribution >= 0.6 is 23.2 Å². The molecule has 0 aliphatic carbocycles. The molecule has 0 saturated heterocycles. The normalized spacial score (nSPS) is 10.6. The zero-order valence-electron chi connectivity index (χ0n) is 13.5. The van der Waals surface area contributed by atoms with Crippen molar-refractivity contribution in [1.82, 2.24) is 14.9 Å². The number of halogens is 2. The number of nitrogens with one attached hydrogen (secondary N) is 1. The number of aromatic nitrogens is 2. The summed E-state index contributed by atoms with van der Waals surface area (Å²) in [4.78, 5) is 16.1. The van der Waals surface area contributed by atoms with E-state index in [2.05, 4.69) is 22.4 Å². The Hall–Kier alpha value is -2.30. The van der Waals surface area contributed by atoms with Gasteiger partial charge < -0.3 is 9.88 Å². The fourth-order valence-electron chi connectivity index (χ4n) is 2.45. The first-order chi connectivity index (χ1) is 12.1. The summed E-state index contributed by atoms with van der Waals surface area (Å²) in [6, 6.07) is 13.4. The van der Waals surface area contributed by atoms with Crippen molar-refractivity contribution in [2.45, 2.75) is 19.5 Å². The smallest absolute Gasteiger partial charge is 0.224 e. The molecule has 1 amide bonds. The van der Waals surface area contributed by atoms with Gasteiger partial charge in [0.15, 0.2) is 0 Å². The van der Waals surface area contributed by atoms with Crippen LogP contribution in [0.25, 0.3) is 0 Å². The van der Waals surface area contributed by atoms with Crippen LogP contribution in [0.1, 0.15) is 16.7 Å². The van der Waals surface area contributed by atoms with Crippen molar-refractivity contribution in [2.75, 3.05) is 0 Å². The minimum absolute atomic E-state index is 0.0547. The van der Waals surface area contributed by atoms with Crippen molar-refractivity contribution in [2.24, 2.45) is 0 Å². The average molecular weight is 374 g/mol. The van der Waals surface area contributed by atoms with Crippen molar-refractivity contribution in [3.63, 3.8) is 0 Å². The highest BCUT2D eigenvalue weighted by Gasteiger charge is 2.06. The SMILES string of the molecule is O=C(Cc1ccc(Cl)c(Cl)c1)NCc1ccc(Cn2ccnc2)cc1. The number of benzene rings is 2. The lowest BCUT2D eigenvalue weighted by Gasteiger charge is -2.08. The van der Waals surface area contributed by atoms with Crippen LogP contribution in [-0.2, 0) is 24.3 Å². The topological polar surface area (TPSA) is 46.9 Å². The Balaban J connectivity index is 1.50. The maximum Gasteiger partial charge on any atom is 0.224 e. The van der Waals surface area contributed by atoms with Crippen molar-refractivity contribution >= 4 is 29.1 Å². The molecular formula is C19H17Cl2N3O. The zero-order chi connectivity index (χ0) is 17.6. The van der Waals surface area contributed by atoms with E-state index in [4.69, 9.17) is 23.2 Å². The molecule has 0 spiro atoms. The van der Waals surface area contributed by atoms with E-state index in [0.29, 0.717) is 16.6 Å². The van der Waals surface area contributed by atoms with Crippen molar-refractivity contribution in [3.8, 4) is 0 Å². The summed E-state index contributed by atoms with van der Waals surface area (Å²) in [5.41, 5.74) is 3.07. The summed E-state index contributed by atoms with van der Waals surface area (Å²) in [5.74, 6) is -0.0547. The van der Waals surface area contributed by atoms with E-state index in [9.17, 15) is 4.79 Å². The Kier molecular flexibility index (Phi) is 5.74. The number of imidazole rings is 1. The highest BCUT2D eigenvalue weighted by Crippen LogP contribution is 2.22. The molecule has 0 bridgehead atoms. The molecule has 0 atom stereocenters. The fourth-order valence-corrected chi connectivity index (χ4v) is 2.77. The number of hydrogen-bond acceptors (Lipinski definition) is 2. The Morgan fingerprint density at radius 2 is 1.72 bits per heavy atom. The average Bonchev–Trinajstić information content (AvgIpc) is 3.11. The minimum Gasteiger partial charge on any atom is -0.352 e. The van der Waals surface area contributed by atoms with Gasteiger partial charge in [-0.2, -0.15) is 0 Å². The van der Waals surface area contributed by atoms with E-state index in [1.165, 1.54) is 5.56 Å². The van der Waals surface area contributed by atoms with Crippen LogP contribution < -0.4 is 5.32 Å². The van der Waals surface area contributed by atoms with Crippen LogP contribution in [0.4, 0.5) is 0 Å². The second-order valence-corrected chi connectivity index (χ2v) is 6.57. The molecule has 6 heteroatoms. The van der Waals surface area contributed by atoms with Gasteiger partial charge in [-0.3, -0.25) is 4.79 Å². The maximum atomic E-state index is 12.1. The van der Waals surface area contributed by atoms with E-state index in [0.717, 1.165) is 17.7 Å². The summed E-state index contributed by atoms with van der Waals surface area (Å²) >= 11 is 11.8. The summed E-state index contributed by atoms with van der Waals surface area (Å²) in [7, 11) is 0. The Morgan fingerprint density at radius 1 is 1.00 bits per heavy atom. The second-order valence-electron chi connectivity index (χ2n) is 5.75. The van der Waals surface area contributed by atoms with E-state index >= 15 is 0 Å². The lowest BCUT2D eigenvalue weighted by molar-refractivity contribution is -0.120. The first kappa shape index (κ1) is 17.5. The highest BCUT2D eigenvalue weighted by molar-refractivity contribution is 6.42. The molecule has 0 fully saturated rings. The van der Waals surface area contributed by atoms with Crippen LogP contribution in [0.5, 0.6) is 0 Å². The summed E-state index contributed by atoms with van der Waals surface area (Å²) in [6.07, 6.45) is 5.75. The molecule has 1 N–H and O–H groups in total. The zero-order valence-corrected chi connectivity index (χ0v) is 15.0. The summed E-state index contributed by atoms with van der Waals surface area (Å²) < 4.78 is 2.01. The van der Waals surface area contributed by atoms with Crippen molar-refractivity contribution in [1.29, 1.82) is 0 Å². The third-order valence-electron chi connectivity index (χ3n) is 3.79. The predicted molar refractivity (Wildman–Crippen MR) is 99.8 cm³/mol. The summed E-state index contributed by atoms with van der Waals surface area (Å²) in [6.45, 7) is 1.27. The standard InChI is InChI=1S/C19H17Cl2N3O/c20-17-6-5-16(9-18(17)21)10-19(25)23-11-14-1-3-15(4-2-14)12-24-8-7-22-13-24/h1-9,13H,10-12H2,(H,23,25). The molecule has 1 aromatic heterocycles. The van der Waals surface area contributed by atoms with Crippen molar-refractivity contribution < 1.29 is 4.79 Å². The number of carbonyl (C=O) groups is 1.